The van der Waals surface area contributed by atoms with Crippen LogP contribution in [-0.2, 0) is 4.79 Å². The van der Waals surface area contributed by atoms with E-state index in [1.165, 1.54) is 6.07 Å². The van der Waals surface area contributed by atoms with E-state index >= 15 is 0 Å². The third-order valence-electron chi connectivity index (χ3n) is 4.97. The Morgan fingerprint density at radius 3 is 2.38 bits per heavy atom. The number of hydrogen-bond donors (Lipinski definition) is 2. The first-order chi connectivity index (χ1) is 16.5. The quantitative estimate of drug-likeness (QED) is 0.435. The zero-order valence-corrected chi connectivity index (χ0v) is 18.3. The molecule has 4 aromatic rings. The standard InChI is InChI=1S/C26H21N5O3/c1-18(34-22-14-8-9-19(15-22)16-27)25(32)28-29-26(33)23-17-31(21-12-6-3-7-13-21)30-24(23)20-10-4-2-5-11-20/h2-15,17-18H,1H3,(H,28,32)(H,29,33). The van der Waals surface area contributed by atoms with Gasteiger partial charge < -0.3 is 4.74 Å². The fourth-order valence-corrected chi connectivity index (χ4v) is 3.25. The Morgan fingerprint density at radius 1 is 0.971 bits per heavy atom. The molecule has 0 bridgehead atoms. The topological polar surface area (TPSA) is 109 Å². The molecule has 0 aliphatic heterocycles. The van der Waals surface area contributed by atoms with Crippen molar-refractivity contribution in [3.63, 3.8) is 0 Å². The molecule has 4 rings (SSSR count). The number of hydrogen-bond acceptors (Lipinski definition) is 5. The van der Waals surface area contributed by atoms with Gasteiger partial charge in [-0.05, 0) is 37.3 Å². The van der Waals surface area contributed by atoms with Crippen molar-refractivity contribution in [2.24, 2.45) is 0 Å². The summed E-state index contributed by atoms with van der Waals surface area (Å²) in [5, 5.41) is 13.6. The minimum atomic E-state index is -0.908. The molecule has 1 atom stereocenters. The lowest BCUT2D eigenvalue weighted by atomic mass is 10.1. The summed E-state index contributed by atoms with van der Waals surface area (Å²) < 4.78 is 7.20. The molecule has 0 radical (unpaired) electrons. The SMILES string of the molecule is CC(Oc1cccc(C#N)c1)C(=O)NNC(=O)c1cn(-c2ccccc2)nc1-c1ccccc1. The molecule has 2 N–H and O–H groups in total. The predicted molar refractivity (Wildman–Crippen MR) is 126 cm³/mol. The number of nitrogens with zero attached hydrogens (tertiary/aromatic N) is 3. The van der Waals surface area contributed by atoms with Crippen molar-refractivity contribution < 1.29 is 14.3 Å². The number of carbonyl (C=O) groups excluding carboxylic acids is 2. The van der Waals surface area contributed by atoms with Crippen molar-refractivity contribution in [3.05, 3.63) is 102 Å². The first kappa shape index (κ1) is 22.3. The van der Waals surface area contributed by atoms with E-state index in [1.54, 1.807) is 36.0 Å². The second-order valence-electron chi connectivity index (χ2n) is 7.38. The molecule has 0 saturated carbocycles. The first-order valence-electron chi connectivity index (χ1n) is 10.5. The van der Waals surface area contributed by atoms with Crippen molar-refractivity contribution in [1.82, 2.24) is 20.6 Å². The second kappa shape index (κ2) is 10.1. The van der Waals surface area contributed by atoms with Gasteiger partial charge in [0.2, 0.25) is 0 Å². The lowest BCUT2D eigenvalue weighted by molar-refractivity contribution is -0.128. The largest absolute Gasteiger partial charge is 0.481 e. The average Bonchev–Trinajstić information content (AvgIpc) is 3.34. The lowest BCUT2D eigenvalue weighted by Gasteiger charge is -2.15. The molecule has 8 nitrogen and oxygen atoms in total. The summed E-state index contributed by atoms with van der Waals surface area (Å²) >= 11 is 0. The molecule has 0 spiro atoms. The van der Waals surface area contributed by atoms with Crippen LogP contribution in [0.5, 0.6) is 5.75 Å². The van der Waals surface area contributed by atoms with Gasteiger partial charge in [-0.2, -0.15) is 10.4 Å². The number of nitriles is 1. The molecule has 0 aliphatic rings. The molecule has 0 aliphatic carbocycles. The molecular weight excluding hydrogens is 430 g/mol. The highest BCUT2D eigenvalue weighted by molar-refractivity contribution is 6.00. The Bertz CT molecular complexity index is 1340. The zero-order chi connectivity index (χ0) is 23.9. The van der Waals surface area contributed by atoms with E-state index in [2.05, 4.69) is 16.0 Å². The summed E-state index contributed by atoms with van der Waals surface area (Å²) in [5.74, 6) is -0.691. The van der Waals surface area contributed by atoms with Crippen LogP contribution in [-0.4, -0.2) is 27.7 Å². The predicted octanol–water partition coefficient (Wildman–Crippen LogP) is 3.64. The molecule has 0 saturated heterocycles. The van der Waals surface area contributed by atoms with Crippen molar-refractivity contribution >= 4 is 11.8 Å². The number of ether oxygens (including phenoxy) is 1. The summed E-state index contributed by atoms with van der Waals surface area (Å²) in [7, 11) is 0. The summed E-state index contributed by atoms with van der Waals surface area (Å²) in [6.07, 6.45) is 0.710. The van der Waals surface area contributed by atoms with Gasteiger partial charge in [-0.3, -0.25) is 20.4 Å². The van der Waals surface area contributed by atoms with Gasteiger partial charge in [0.05, 0.1) is 22.9 Å². The summed E-state index contributed by atoms with van der Waals surface area (Å²) in [6, 6.07) is 27.2. The minimum Gasteiger partial charge on any atom is -0.481 e. The molecule has 1 unspecified atom stereocenters. The van der Waals surface area contributed by atoms with Gasteiger partial charge in [-0.1, -0.05) is 54.6 Å². The third kappa shape index (κ3) is 5.11. The highest BCUT2D eigenvalue weighted by atomic mass is 16.5. The van der Waals surface area contributed by atoms with Crippen LogP contribution < -0.4 is 15.6 Å². The van der Waals surface area contributed by atoms with Crippen LogP contribution in [0.2, 0.25) is 0 Å². The van der Waals surface area contributed by atoms with Gasteiger partial charge in [0, 0.05) is 11.8 Å². The number of carbonyl (C=O) groups is 2. The Hall–Kier alpha value is -4.90. The number of amides is 2. The van der Waals surface area contributed by atoms with E-state index in [-0.39, 0.29) is 0 Å². The highest BCUT2D eigenvalue weighted by Crippen LogP contribution is 2.23. The van der Waals surface area contributed by atoms with Gasteiger partial charge in [0.15, 0.2) is 6.10 Å². The van der Waals surface area contributed by atoms with Crippen LogP contribution in [0, 0.1) is 11.3 Å². The molecule has 1 heterocycles. The molecule has 168 valence electrons. The number of benzene rings is 3. The molecule has 34 heavy (non-hydrogen) atoms. The number of para-hydroxylation sites is 1. The molecule has 8 heteroatoms. The van der Waals surface area contributed by atoms with Crippen molar-refractivity contribution in [3.8, 4) is 28.8 Å². The Morgan fingerprint density at radius 2 is 1.68 bits per heavy atom. The molecular formula is C26H21N5O3. The van der Waals surface area contributed by atoms with Crippen molar-refractivity contribution in [2.75, 3.05) is 0 Å². The third-order valence-corrected chi connectivity index (χ3v) is 4.97. The molecule has 0 fully saturated rings. The van der Waals surface area contributed by atoms with Crippen LogP contribution >= 0.6 is 0 Å². The summed E-state index contributed by atoms with van der Waals surface area (Å²) in [5.41, 5.74) is 7.59. The fraction of sp³-hybridized carbons (Fsp3) is 0.0769. The molecule has 2 amide bonds. The van der Waals surface area contributed by atoms with Crippen molar-refractivity contribution in [2.45, 2.75) is 13.0 Å². The second-order valence-corrected chi connectivity index (χ2v) is 7.38. The number of hydrazine groups is 1. The Labute approximate surface area is 196 Å². The number of rotatable bonds is 6. The molecule has 1 aromatic heterocycles. The Kier molecular flexibility index (Phi) is 6.65. The van der Waals surface area contributed by atoms with Crippen LogP contribution in [0.4, 0.5) is 0 Å². The zero-order valence-electron chi connectivity index (χ0n) is 18.3. The smallest absolute Gasteiger partial charge is 0.279 e. The van der Waals surface area contributed by atoms with Crippen LogP contribution in [0.15, 0.2) is 91.1 Å². The van der Waals surface area contributed by atoms with Gasteiger partial charge >= 0.3 is 0 Å². The van der Waals surface area contributed by atoms with E-state index in [9.17, 15) is 9.59 Å². The Balaban J connectivity index is 1.49. The fourth-order valence-electron chi connectivity index (χ4n) is 3.25. The minimum absolute atomic E-state index is 0.297. The van der Waals surface area contributed by atoms with Crippen LogP contribution in [0.3, 0.4) is 0 Å². The summed E-state index contributed by atoms with van der Waals surface area (Å²) in [4.78, 5) is 25.5. The van der Waals surface area contributed by atoms with Gasteiger partial charge in [-0.25, -0.2) is 4.68 Å². The van der Waals surface area contributed by atoms with Gasteiger partial charge in [0.25, 0.3) is 11.8 Å². The van der Waals surface area contributed by atoms with Crippen molar-refractivity contribution in [1.29, 1.82) is 5.26 Å². The number of aromatic nitrogens is 2. The monoisotopic (exact) mass is 451 g/mol. The maximum absolute atomic E-state index is 13.0. The molecule has 3 aromatic carbocycles. The maximum Gasteiger partial charge on any atom is 0.279 e. The average molecular weight is 451 g/mol. The van der Waals surface area contributed by atoms with E-state index < -0.39 is 17.9 Å². The van der Waals surface area contributed by atoms with E-state index in [0.717, 1.165) is 11.3 Å². The first-order valence-corrected chi connectivity index (χ1v) is 10.5. The summed E-state index contributed by atoms with van der Waals surface area (Å²) in [6.45, 7) is 1.55. The van der Waals surface area contributed by atoms with Gasteiger partial charge in [0.1, 0.15) is 11.4 Å². The maximum atomic E-state index is 13.0. The van der Waals surface area contributed by atoms with E-state index in [1.807, 2.05) is 66.7 Å². The van der Waals surface area contributed by atoms with E-state index in [0.29, 0.717) is 22.6 Å². The van der Waals surface area contributed by atoms with Crippen LogP contribution in [0.1, 0.15) is 22.8 Å². The normalized spacial score (nSPS) is 11.2. The van der Waals surface area contributed by atoms with E-state index in [4.69, 9.17) is 10.00 Å². The van der Waals surface area contributed by atoms with Crippen LogP contribution in [0.25, 0.3) is 16.9 Å². The lowest BCUT2D eigenvalue weighted by Crippen LogP contribution is -2.47. The number of nitrogens with one attached hydrogen (secondary N) is 2. The van der Waals surface area contributed by atoms with Gasteiger partial charge in [-0.15, -0.1) is 0 Å². The highest BCUT2D eigenvalue weighted by Gasteiger charge is 2.21.